The highest BCUT2D eigenvalue weighted by Crippen LogP contribution is 2.40. The highest BCUT2D eigenvalue weighted by Gasteiger charge is 2.28. The number of nitrogens with one attached hydrogen (secondary N) is 1. The Kier molecular flexibility index (Phi) is 5.16. The van der Waals surface area contributed by atoms with E-state index in [4.69, 9.17) is 4.74 Å². The van der Waals surface area contributed by atoms with E-state index in [1.807, 2.05) is 17.5 Å². The normalized spacial score (nSPS) is 16.8. The summed E-state index contributed by atoms with van der Waals surface area (Å²) in [6, 6.07) is 3.88. The first-order valence-corrected chi connectivity index (χ1v) is 9.53. The first-order chi connectivity index (χ1) is 11.6. The summed E-state index contributed by atoms with van der Waals surface area (Å²) < 4.78 is 4.93. The smallest absolute Gasteiger partial charge is 0.341 e. The minimum atomic E-state index is -0.375. The number of carbonyl (C=O) groups excluding carboxylic acids is 2. The van der Waals surface area contributed by atoms with Crippen LogP contribution in [0.2, 0.25) is 0 Å². The van der Waals surface area contributed by atoms with Gasteiger partial charge >= 0.3 is 5.97 Å². The molecule has 6 heteroatoms. The van der Waals surface area contributed by atoms with E-state index in [0.717, 1.165) is 29.7 Å². The standard InChI is InChI=1S/C18H19NO3S2/c1-11-5-7-13-14(10-11)24-17(16(13)18(21)22-2)19-15(20)8-6-12-4-3-9-23-12/h3-4,6,8-9,11H,5,7,10H2,1-2H3,(H,19,20)/b8-6+/t11-/m0/s1. The lowest BCUT2D eigenvalue weighted by Crippen LogP contribution is -2.14. The molecule has 1 aliphatic rings. The molecule has 0 bridgehead atoms. The van der Waals surface area contributed by atoms with E-state index >= 15 is 0 Å². The van der Waals surface area contributed by atoms with Crippen molar-refractivity contribution in [2.45, 2.75) is 26.2 Å². The van der Waals surface area contributed by atoms with Gasteiger partial charge < -0.3 is 10.1 Å². The number of methoxy groups -OCH3 is 1. The van der Waals surface area contributed by atoms with Crippen LogP contribution in [0, 0.1) is 5.92 Å². The maximum absolute atomic E-state index is 12.2. The molecular weight excluding hydrogens is 342 g/mol. The van der Waals surface area contributed by atoms with Gasteiger partial charge in [-0.05, 0) is 48.3 Å². The Morgan fingerprint density at radius 2 is 2.25 bits per heavy atom. The fourth-order valence-electron chi connectivity index (χ4n) is 2.85. The lowest BCUT2D eigenvalue weighted by molar-refractivity contribution is -0.111. The third-order valence-corrected chi connectivity index (χ3v) is 6.09. The Balaban J connectivity index is 1.84. The van der Waals surface area contributed by atoms with E-state index in [0.29, 0.717) is 16.5 Å². The van der Waals surface area contributed by atoms with Crippen molar-refractivity contribution in [2.24, 2.45) is 5.92 Å². The fourth-order valence-corrected chi connectivity index (χ4v) is 4.87. The van der Waals surface area contributed by atoms with Gasteiger partial charge in [0.05, 0.1) is 12.7 Å². The van der Waals surface area contributed by atoms with Gasteiger partial charge in [-0.3, -0.25) is 4.79 Å². The highest BCUT2D eigenvalue weighted by atomic mass is 32.1. The van der Waals surface area contributed by atoms with E-state index in [1.54, 1.807) is 17.4 Å². The molecule has 1 amide bonds. The van der Waals surface area contributed by atoms with E-state index in [-0.39, 0.29) is 11.9 Å². The van der Waals surface area contributed by atoms with Crippen LogP contribution in [-0.4, -0.2) is 19.0 Å². The van der Waals surface area contributed by atoms with Crippen molar-refractivity contribution < 1.29 is 14.3 Å². The molecule has 0 saturated carbocycles. The topological polar surface area (TPSA) is 55.4 Å². The molecule has 2 aromatic rings. The van der Waals surface area contributed by atoms with Crippen LogP contribution < -0.4 is 5.32 Å². The molecule has 0 fully saturated rings. The van der Waals surface area contributed by atoms with E-state index in [9.17, 15) is 9.59 Å². The predicted octanol–water partition coefficient (Wildman–Crippen LogP) is 4.37. The summed E-state index contributed by atoms with van der Waals surface area (Å²) in [5, 5.41) is 5.42. The molecule has 0 spiro atoms. The zero-order chi connectivity index (χ0) is 17.1. The van der Waals surface area contributed by atoms with Crippen molar-refractivity contribution in [1.29, 1.82) is 0 Å². The summed E-state index contributed by atoms with van der Waals surface area (Å²) in [6.45, 7) is 2.21. The second kappa shape index (κ2) is 7.32. The first-order valence-electron chi connectivity index (χ1n) is 7.84. The van der Waals surface area contributed by atoms with Crippen LogP contribution in [0.5, 0.6) is 0 Å². The van der Waals surface area contributed by atoms with Gasteiger partial charge in [-0.15, -0.1) is 22.7 Å². The van der Waals surface area contributed by atoms with Crippen LogP contribution >= 0.6 is 22.7 Å². The molecule has 0 unspecified atom stereocenters. The van der Waals surface area contributed by atoms with Crippen LogP contribution in [0.25, 0.3) is 6.08 Å². The number of thiophene rings is 2. The van der Waals surface area contributed by atoms with Crippen LogP contribution in [0.4, 0.5) is 5.00 Å². The largest absolute Gasteiger partial charge is 0.465 e. The average molecular weight is 361 g/mol. The summed E-state index contributed by atoms with van der Waals surface area (Å²) in [5.74, 6) is -0.0105. The molecule has 0 radical (unpaired) electrons. The van der Waals surface area contributed by atoms with Crippen LogP contribution in [0.15, 0.2) is 23.6 Å². The quantitative estimate of drug-likeness (QED) is 0.650. The molecule has 0 aromatic carbocycles. The van der Waals surface area contributed by atoms with Crippen molar-refractivity contribution >= 4 is 45.6 Å². The SMILES string of the molecule is COC(=O)c1c(NC(=O)/C=C/c2cccs2)sc2c1CC[C@H](C)C2. The van der Waals surface area contributed by atoms with Crippen LogP contribution in [0.1, 0.15) is 39.0 Å². The lowest BCUT2D eigenvalue weighted by atomic mass is 9.88. The van der Waals surface area contributed by atoms with Gasteiger partial charge in [0.25, 0.3) is 0 Å². The van der Waals surface area contributed by atoms with Gasteiger partial charge in [0.15, 0.2) is 0 Å². The monoisotopic (exact) mass is 361 g/mol. The highest BCUT2D eigenvalue weighted by molar-refractivity contribution is 7.17. The minimum Gasteiger partial charge on any atom is -0.465 e. The third kappa shape index (κ3) is 3.60. The van der Waals surface area contributed by atoms with Crippen molar-refractivity contribution in [1.82, 2.24) is 0 Å². The molecule has 1 aliphatic carbocycles. The summed E-state index contributed by atoms with van der Waals surface area (Å²) in [5.41, 5.74) is 1.57. The number of fused-ring (bicyclic) bond motifs is 1. The molecule has 0 aliphatic heterocycles. The molecule has 1 atom stereocenters. The molecule has 0 saturated heterocycles. The van der Waals surface area contributed by atoms with E-state index in [1.165, 1.54) is 29.4 Å². The number of esters is 1. The summed E-state index contributed by atoms with van der Waals surface area (Å²) in [7, 11) is 1.38. The third-order valence-electron chi connectivity index (χ3n) is 4.08. The number of anilines is 1. The molecular formula is C18H19NO3S2. The molecule has 126 valence electrons. The summed E-state index contributed by atoms with van der Waals surface area (Å²) >= 11 is 3.06. The molecule has 2 heterocycles. The Morgan fingerprint density at radius 3 is 2.96 bits per heavy atom. The molecule has 1 N–H and O–H groups in total. The van der Waals surface area contributed by atoms with Gasteiger partial charge in [0.1, 0.15) is 5.00 Å². The molecule has 24 heavy (non-hydrogen) atoms. The van der Waals surface area contributed by atoms with Gasteiger partial charge in [0.2, 0.25) is 5.91 Å². The summed E-state index contributed by atoms with van der Waals surface area (Å²) in [4.78, 5) is 26.6. The Bertz CT molecular complexity index is 775. The zero-order valence-electron chi connectivity index (χ0n) is 13.6. The maximum atomic E-state index is 12.2. The van der Waals surface area contributed by atoms with Gasteiger partial charge in [0, 0.05) is 15.8 Å². The molecule has 2 aromatic heterocycles. The Morgan fingerprint density at radius 1 is 1.42 bits per heavy atom. The Hall–Kier alpha value is -1.92. The van der Waals surface area contributed by atoms with E-state index < -0.39 is 0 Å². The van der Waals surface area contributed by atoms with Crippen molar-refractivity contribution in [3.05, 3.63) is 44.5 Å². The lowest BCUT2D eigenvalue weighted by Gasteiger charge is -2.18. The van der Waals surface area contributed by atoms with E-state index in [2.05, 4.69) is 12.2 Å². The Labute approximate surface area is 149 Å². The second-order valence-electron chi connectivity index (χ2n) is 5.89. The van der Waals surface area contributed by atoms with Crippen LogP contribution in [0.3, 0.4) is 0 Å². The van der Waals surface area contributed by atoms with Crippen molar-refractivity contribution in [2.75, 3.05) is 12.4 Å². The molecule has 4 nitrogen and oxygen atoms in total. The van der Waals surface area contributed by atoms with Gasteiger partial charge in [-0.2, -0.15) is 0 Å². The summed E-state index contributed by atoms with van der Waals surface area (Å²) in [6.07, 6.45) is 6.13. The fraction of sp³-hybridized carbons (Fsp3) is 0.333. The first kappa shape index (κ1) is 16.9. The van der Waals surface area contributed by atoms with Gasteiger partial charge in [-0.25, -0.2) is 4.79 Å². The number of hydrogen-bond donors (Lipinski definition) is 1. The van der Waals surface area contributed by atoms with Crippen molar-refractivity contribution in [3.63, 3.8) is 0 Å². The van der Waals surface area contributed by atoms with Crippen LogP contribution in [-0.2, 0) is 22.4 Å². The minimum absolute atomic E-state index is 0.236. The van der Waals surface area contributed by atoms with Gasteiger partial charge in [-0.1, -0.05) is 13.0 Å². The number of hydrogen-bond acceptors (Lipinski definition) is 5. The zero-order valence-corrected chi connectivity index (χ0v) is 15.3. The predicted molar refractivity (Wildman–Crippen MR) is 98.8 cm³/mol. The molecule has 3 rings (SSSR count). The number of ether oxygens (including phenoxy) is 1. The maximum Gasteiger partial charge on any atom is 0.341 e. The number of carbonyl (C=O) groups is 2. The van der Waals surface area contributed by atoms with Crippen molar-refractivity contribution in [3.8, 4) is 0 Å². The second-order valence-corrected chi connectivity index (χ2v) is 7.97. The number of amides is 1. The number of rotatable bonds is 4. The average Bonchev–Trinajstić information content (AvgIpc) is 3.19.